The fourth-order valence-corrected chi connectivity index (χ4v) is 5.63. The first-order valence-electron chi connectivity index (χ1n) is 11.3. The van der Waals surface area contributed by atoms with Crippen molar-refractivity contribution in [1.82, 2.24) is 0 Å². The van der Waals surface area contributed by atoms with E-state index in [2.05, 4.69) is 64.3 Å². The average Bonchev–Trinajstić information content (AvgIpc) is 2.83. The molecule has 4 nitrogen and oxygen atoms in total. The molecular formula is C28H28BrNO3. The molecule has 0 saturated carbocycles. The Hall–Kier alpha value is -2.92. The van der Waals surface area contributed by atoms with E-state index in [0.29, 0.717) is 0 Å². The van der Waals surface area contributed by atoms with Crippen molar-refractivity contribution in [2.75, 3.05) is 33.3 Å². The Morgan fingerprint density at radius 2 is 1.73 bits per heavy atom. The predicted molar refractivity (Wildman–Crippen MR) is 140 cm³/mol. The van der Waals surface area contributed by atoms with Crippen molar-refractivity contribution >= 4 is 49.7 Å². The van der Waals surface area contributed by atoms with Gasteiger partial charge in [-0.3, -0.25) is 0 Å². The normalized spacial score (nSPS) is 14.7. The lowest BCUT2D eigenvalue weighted by molar-refractivity contribution is 0.355. The third kappa shape index (κ3) is 3.50. The molecule has 3 aromatic rings. The summed E-state index contributed by atoms with van der Waals surface area (Å²) in [5.74, 6) is 2.47. The highest BCUT2D eigenvalue weighted by Gasteiger charge is 2.23. The standard InChI is InChI=1S/C28H28BrNO3/c1-30(23-15-20-24(31-2)14-13-21(29)27(20)23)22-12-8-11-18-19(22)16-25(32-3)28(33-4)26(18)17-9-6-5-7-10-17/h8-9,11-16H,5-7,10H2,1-4H3. The molecule has 0 spiro atoms. The molecule has 0 radical (unpaired) electrons. The summed E-state index contributed by atoms with van der Waals surface area (Å²) in [6, 6.07) is 12.6. The van der Waals surface area contributed by atoms with E-state index in [1.807, 2.05) is 12.1 Å². The Kier molecular flexibility index (Phi) is 5.83. The molecule has 0 atom stereocenters. The number of halogens is 1. The van der Waals surface area contributed by atoms with Crippen molar-refractivity contribution in [3.05, 3.63) is 62.9 Å². The molecule has 0 aliphatic heterocycles. The van der Waals surface area contributed by atoms with Crippen LogP contribution in [0.5, 0.6) is 17.2 Å². The lowest BCUT2D eigenvalue weighted by Crippen LogP contribution is -2.42. The zero-order valence-corrected chi connectivity index (χ0v) is 21.1. The molecule has 33 heavy (non-hydrogen) atoms. The lowest BCUT2D eigenvalue weighted by atomic mass is 9.88. The number of nitrogens with zero attached hydrogens (tertiary/aromatic N) is 1. The van der Waals surface area contributed by atoms with Gasteiger partial charge in [0.1, 0.15) is 5.75 Å². The highest BCUT2D eigenvalue weighted by Crippen LogP contribution is 2.46. The SMILES string of the molecule is COc1cc2c(N(C)C3=c4c(Br)ccc(OC)c4=C3)cccc2c(C2=CCCCC2)c1OC. The van der Waals surface area contributed by atoms with Crippen LogP contribution in [0.4, 0.5) is 5.69 Å². The number of fused-ring (bicyclic) bond motifs is 2. The van der Waals surface area contributed by atoms with Crippen molar-refractivity contribution in [3.8, 4) is 17.2 Å². The van der Waals surface area contributed by atoms with Gasteiger partial charge in [0, 0.05) is 38.6 Å². The first-order valence-corrected chi connectivity index (χ1v) is 12.1. The minimum atomic E-state index is 0.762. The number of ether oxygens (including phenoxy) is 3. The maximum atomic E-state index is 5.89. The van der Waals surface area contributed by atoms with E-state index in [4.69, 9.17) is 14.2 Å². The van der Waals surface area contributed by atoms with Gasteiger partial charge < -0.3 is 19.1 Å². The predicted octanol–water partition coefficient (Wildman–Crippen LogP) is 5.62. The third-order valence-electron chi connectivity index (χ3n) is 6.75. The van der Waals surface area contributed by atoms with E-state index < -0.39 is 0 Å². The van der Waals surface area contributed by atoms with Gasteiger partial charge in [-0.2, -0.15) is 0 Å². The van der Waals surface area contributed by atoms with Crippen LogP contribution < -0.4 is 29.5 Å². The molecule has 0 heterocycles. The van der Waals surface area contributed by atoms with Crippen molar-refractivity contribution in [3.63, 3.8) is 0 Å². The van der Waals surface area contributed by atoms with Gasteiger partial charge in [-0.25, -0.2) is 0 Å². The van der Waals surface area contributed by atoms with Gasteiger partial charge in [-0.1, -0.05) is 34.1 Å². The van der Waals surface area contributed by atoms with Crippen LogP contribution in [-0.4, -0.2) is 28.4 Å². The highest BCUT2D eigenvalue weighted by molar-refractivity contribution is 9.10. The van der Waals surface area contributed by atoms with E-state index >= 15 is 0 Å². The summed E-state index contributed by atoms with van der Waals surface area (Å²) in [5.41, 5.74) is 4.78. The molecule has 0 N–H and O–H groups in total. The maximum Gasteiger partial charge on any atom is 0.168 e. The van der Waals surface area contributed by atoms with Crippen LogP contribution >= 0.6 is 15.9 Å². The summed E-state index contributed by atoms with van der Waals surface area (Å²) in [6.45, 7) is 0. The molecule has 170 valence electrons. The summed E-state index contributed by atoms with van der Waals surface area (Å²) >= 11 is 3.73. The Bertz CT molecular complexity index is 1410. The van der Waals surface area contributed by atoms with E-state index in [-0.39, 0.29) is 0 Å². The van der Waals surface area contributed by atoms with Gasteiger partial charge in [0.15, 0.2) is 11.5 Å². The number of anilines is 1. The fourth-order valence-electron chi connectivity index (χ4n) is 5.08. The molecule has 2 aliphatic rings. The minimum absolute atomic E-state index is 0.762. The fraction of sp³-hybridized carbons (Fsp3) is 0.286. The topological polar surface area (TPSA) is 30.9 Å². The summed E-state index contributed by atoms with van der Waals surface area (Å²) in [5, 5.41) is 4.63. The Labute approximate surface area is 202 Å². The maximum absolute atomic E-state index is 5.89. The molecule has 0 unspecified atom stereocenters. The number of rotatable bonds is 6. The van der Waals surface area contributed by atoms with Gasteiger partial charge >= 0.3 is 0 Å². The number of hydrogen-bond acceptors (Lipinski definition) is 4. The summed E-state index contributed by atoms with van der Waals surface area (Å²) in [6.07, 6.45) is 9.16. The van der Waals surface area contributed by atoms with Crippen LogP contribution in [0.2, 0.25) is 0 Å². The number of hydrogen-bond donors (Lipinski definition) is 0. The van der Waals surface area contributed by atoms with Crippen LogP contribution in [0.3, 0.4) is 0 Å². The molecule has 0 fully saturated rings. The number of benzene rings is 3. The van der Waals surface area contributed by atoms with Crippen LogP contribution in [-0.2, 0) is 0 Å². The molecule has 2 aliphatic carbocycles. The van der Waals surface area contributed by atoms with E-state index in [1.54, 1.807) is 21.3 Å². The summed E-state index contributed by atoms with van der Waals surface area (Å²) in [4.78, 5) is 2.25. The van der Waals surface area contributed by atoms with Gasteiger partial charge in [-0.05, 0) is 67.0 Å². The van der Waals surface area contributed by atoms with Gasteiger partial charge in [0.2, 0.25) is 0 Å². The van der Waals surface area contributed by atoms with Gasteiger partial charge in [-0.15, -0.1) is 0 Å². The lowest BCUT2D eigenvalue weighted by Gasteiger charge is -2.28. The van der Waals surface area contributed by atoms with E-state index in [0.717, 1.165) is 62.1 Å². The van der Waals surface area contributed by atoms with Gasteiger partial charge in [0.25, 0.3) is 0 Å². The van der Waals surface area contributed by atoms with Crippen molar-refractivity contribution in [1.29, 1.82) is 0 Å². The second-order valence-corrected chi connectivity index (χ2v) is 9.32. The molecule has 0 amide bonds. The molecule has 0 saturated heterocycles. The van der Waals surface area contributed by atoms with Gasteiger partial charge in [0.05, 0.1) is 27.0 Å². The first-order chi connectivity index (χ1) is 16.1. The average molecular weight is 506 g/mol. The monoisotopic (exact) mass is 505 g/mol. The molecular weight excluding hydrogens is 478 g/mol. The summed E-state index contributed by atoms with van der Waals surface area (Å²) < 4.78 is 18.3. The van der Waals surface area contributed by atoms with Crippen molar-refractivity contribution < 1.29 is 14.2 Å². The Balaban J connectivity index is 1.75. The molecule has 0 bridgehead atoms. The molecule has 5 heteroatoms. The van der Waals surface area contributed by atoms with Crippen molar-refractivity contribution in [2.45, 2.75) is 25.7 Å². The second-order valence-electron chi connectivity index (χ2n) is 8.46. The van der Waals surface area contributed by atoms with Crippen LogP contribution in [0, 0.1) is 0 Å². The minimum Gasteiger partial charge on any atom is -0.496 e. The zero-order valence-electron chi connectivity index (χ0n) is 19.5. The van der Waals surface area contributed by atoms with E-state index in [9.17, 15) is 0 Å². The quantitative estimate of drug-likeness (QED) is 0.434. The van der Waals surface area contributed by atoms with E-state index in [1.165, 1.54) is 29.0 Å². The number of methoxy groups -OCH3 is 3. The largest absolute Gasteiger partial charge is 0.496 e. The molecule has 3 aromatic carbocycles. The Morgan fingerprint density at radius 3 is 2.42 bits per heavy atom. The molecule has 0 aromatic heterocycles. The first kappa shape index (κ1) is 21.9. The third-order valence-corrected chi connectivity index (χ3v) is 7.41. The second kappa shape index (κ2) is 8.79. The van der Waals surface area contributed by atoms with Crippen LogP contribution in [0.15, 0.2) is 46.9 Å². The summed E-state index contributed by atoms with van der Waals surface area (Å²) in [7, 11) is 7.27. The number of allylic oxidation sites excluding steroid dienone is 2. The van der Waals surface area contributed by atoms with Crippen LogP contribution in [0.1, 0.15) is 31.2 Å². The van der Waals surface area contributed by atoms with Crippen LogP contribution in [0.25, 0.3) is 28.1 Å². The highest BCUT2D eigenvalue weighted by atomic mass is 79.9. The zero-order chi connectivity index (χ0) is 23.1. The smallest absolute Gasteiger partial charge is 0.168 e. The Morgan fingerprint density at radius 1 is 0.909 bits per heavy atom. The molecule has 5 rings (SSSR count). The van der Waals surface area contributed by atoms with Crippen molar-refractivity contribution in [2.24, 2.45) is 0 Å².